The Morgan fingerprint density at radius 3 is 2.33 bits per heavy atom. The van der Waals surface area contributed by atoms with Gasteiger partial charge in [-0.25, -0.2) is 4.79 Å². The summed E-state index contributed by atoms with van der Waals surface area (Å²) in [4.78, 5) is 27.3. The lowest BCUT2D eigenvalue weighted by atomic mass is 9.65. The van der Waals surface area contributed by atoms with E-state index in [2.05, 4.69) is 55.1 Å². The van der Waals surface area contributed by atoms with Gasteiger partial charge >= 0.3 is 11.9 Å². The Kier molecular flexibility index (Phi) is 7.66. The van der Waals surface area contributed by atoms with E-state index in [4.69, 9.17) is 13.9 Å². The highest BCUT2D eigenvalue weighted by molar-refractivity contribution is 5.87. The Morgan fingerprint density at radius 2 is 1.57 bits per heavy atom. The molecule has 0 spiro atoms. The Labute approximate surface area is 290 Å². The molecule has 0 N–H and O–H groups in total. The Balaban J connectivity index is 1.26. The summed E-state index contributed by atoms with van der Waals surface area (Å²) in [6.45, 7) is 11.6. The number of furan rings is 2. The van der Waals surface area contributed by atoms with Gasteiger partial charge in [0.2, 0.25) is 0 Å². The molecule has 4 aliphatic carbocycles. The SMILES string of the molecule is C=C(C)C(=O)OC1(C2CC3(c4cccc5c4CCCCC5(OC(=O)C(C)(C)C)c4cc5ccc4o5)CCC2C3)CCCCc2ccccc21. The lowest BCUT2D eigenvalue weighted by Crippen LogP contribution is -2.44. The maximum Gasteiger partial charge on any atom is 0.334 e. The molecule has 5 nitrogen and oxygen atoms in total. The van der Waals surface area contributed by atoms with E-state index in [0.717, 1.165) is 99.3 Å². The van der Waals surface area contributed by atoms with Gasteiger partial charge in [-0.2, -0.15) is 0 Å². The van der Waals surface area contributed by atoms with Crippen molar-refractivity contribution in [3.8, 4) is 0 Å². The molecule has 0 amide bonds. The molecule has 5 unspecified atom stereocenters. The first-order chi connectivity index (χ1) is 23.5. The van der Waals surface area contributed by atoms with Gasteiger partial charge < -0.3 is 13.9 Å². The topological polar surface area (TPSA) is 65.7 Å². The van der Waals surface area contributed by atoms with Crippen molar-refractivity contribution in [1.29, 1.82) is 0 Å². The van der Waals surface area contributed by atoms with Gasteiger partial charge in [0.05, 0.1) is 5.41 Å². The molecule has 4 aliphatic rings. The minimum absolute atomic E-state index is 0.0317. The van der Waals surface area contributed by atoms with Gasteiger partial charge in [0.15, 0.2) is 5.60 Å². The Morgan fingerprint density at radius 1 is 0.816 bits per heavy atom. The van der Waals surface area contributed by atoms with Crippen molar-refractivity contribution in [2.45, 2.75) is 121 Å². The lowest BCUT2D eigenvalue weighted by molar-refractivity contribution is -0.169. The highest BCUT2D eigenvalue weighted by Gasteiger charge is 2.61. The fourth-order valence-electron chi connectivity index (χ4n) is 10.4. The standard InChI is InChI=1S/C44H50O5/c1-28(2)39(45)48-43(22-10-8-14-29-13-6-7-16-33(29)43)37-27-42(24-21-30(37)26-42)34-17-12-18-35-32(34)15-9-11-23-44(35,49-40(46)41(3,4)5)36-25-31-19-20-38(36)47-31/h6-7,12-13,16-20,25,30,37H,1,8-11,14-15,21-24,26-27H2,2-5H3. The fourth-order valence-corrected chi connectivity index (χ4v) is 10.4. The predicted molar refractivity (Wildman–Crippen MR) is 191 cm³/mol. The van der Waals surface area contributed by atoms with Gasteiger partial charge in [-0.05, 0) is 157 Å². The fraction of sp³-hybridized carbons (Fsp3) is 0.500. The van der Waals surface area contributed by atoms with Gasteiger partial charge in [0.25, 0.3) is 0 Å². The zero-order valence-corrected chi connectivity index (χ0v) is 29.7. The number of ether oxygens (including phenoxy) is 2. The maximum atomic E-state index is 13.8. The largest absolute Gasteiger partial charge is 0.457 e. The molecule has 2 aromatic carbocycles. The quantitative estimate of drug-likeness (QED) is 0.117. The van der Waals surface area contributed by atoms with Gasteiger partial charge in [-0.15, -0.1) is 0 Å². The minimum atomic E-state index is -0.917. The van der Waals surface area contributed by atoms with E-state index in [1.807, 2.05) is 32.9 Å². The third-order valence-electron chi connectivity index (χ3n) is 12.6. The average Bonchev–Trinajstić information content (AvgIpc) is 3.85. The van der Waals surface area contributed by atoms with E-state index in [-0.39, 0.29) is 23.3 Å². The molecule has 4 aromatic rings. The monoisotopic (exact) mass is 658 g/mol. The van der Waals surface area contributed by atoms with E-state index in [0.29, 0.717) is 11.5 Å². The summed E-state index contributed by atoms with van der Waals surface area (Å²) in [6, 6.07) is 21.6. The van der Waals surface area contributed by atoms with Crippen LogP contribution in [0.25, 0.3) is 11.2 Å². The summed E-state index contributed by atoms with van der Waals surface area (Å²) in [7, 11) is 0. The molecule has 5 atom stereocenters. The number of aryl methyl sites for hydroxylation is 1. The predicted octanol–water partition coefficient (Wildman–Crippen LogP) is 10.2. The summed E-state index contributed by atoms with van der Waals surface area (Å²) < 4.78 is 19.7. The molecule has 0 radical (unpaired) electrons. The van der Waals surface area contributed by atoms with Gasteiger partial charge in [0.1, 0.15) is 16.8 Å². The van der Waals surface area contributed by atoms with Crippen LogP contribution in [-0.4, -0.2) is 11.9 Å². The molecule has 49 heavy (non-hydrogen) atoms. The van der Waals surface area contributed by atoms with Gasteiger partial charge in [-0.1, -0.05) is 49.0 Å². The molecule has 2 saturated carbocycles. The first kappa shape index (κ1) is 32.4. The summed E-state index contributed by atoms with van der Waals surface area (Å²) in [5.74, 6) is 0.191. The Hall–Kier alpha value is -3.86. The number of hydrogen-bond acceptors (Lipinski definition) is 5. The molecule has 2 fully saturated rings. The summed E-state index contributed by atoms with van der Waals surface area (Å²) >= 11 is 0. The van der Waals surface area contributed by atoms with Crippen LogP contribution >= 0.6 is 0 Å². The van der Waals surface area contributed by atoms with Gasteiger partial charge in [0, 0.05) is 22.6 Å². The molecule has 2 aromatic heterocycles. The molecule has 8 rings (SSSR count). The minimum Gasteiger partial charge on any atom is -0.457 e. The van der Waals surface area contributed by atoms with Crippen LogP contribution in [0.4, 0.5) is 0 Å². The van der Waals surface area contributed by atoms with Crippen molar-refractivity contribution in [1.82, 2.24) is 0 Å². The normalized spacial score (nSPS) is 29.6. The maximum absolute atomic E-state index is 13.8. The number of fused-ring (bicyclic) bond motifs is 6. The average molecular weight is 659 g/mol. The molecular weight excluding hydrogens is 608 g/mol. The van der Waals surface area contributed by atoms with Crippen molar-refractivity contribution < 1.29 is 23.5 Å². The second-order valence-corrected chi connectivity index (χ2v) is 16.8. The molecule has 2 heterocycles. The van der Waals surface area contributed by atoms with Crippen molar-refractivity contribution in [3.63, 3.8) is 0 Å². The highest BCUT2D eigenvalue weighted by atomic mass is 16.6. The molecule has 5 heteroatoms. The van der Waals surface area contributed by atoms with Crippen molar-refractivity contribution >= 4 is 23.1 Å². The van der Waals surface area contributed by atoms with E-state index >= 15 is 0 Å². The van der Waals surface area contributed by atoms with Crippen LogP contribution < -0.4 is 0 Å². The Bertz CT molecular complexity index is 1920. The van der Waals surface area contributed by atoms with E-state index in [1.165, 1.54) is 22.3 Å². The van der Waals surface area contributed by atoms with E-state index in [1.54, 1.807) is 6.92 Å². The lowest BCUT2D eigenvalue weighted by Gasteiger charge is -2.45. The zero-order valence-electron chi connectivity index (χ0n) is 29.7. The first-order valence-corrected chi connectivity index (χ1v) is 18.6. The van der Waals surface area contributed by atoms with Crippen molar-refractivity contribution in [3.05, 3.63) is 106 Å². The molecule has 256 valence electrons. The number of carbonyl (C=O) groups is 2. The van der Waals surface area contributed by atoms with Crippen molar-refractivity contribution in [2.75, 3.05) is 0 Å². The third-order valence-corrected chi connectivity index (χ3v) is 12.6. The summed E-state index contributed by atoms with van der Waals surface area (Å²) in [6.07, 6.45) is 11.9. The second-order valence-electron chi connectivity index (χ2n) is 16.8. The number of esters is 2. The summed E-state index contributed by atoms with van der Waals surface area (Å²) in [5, 5.41) is 0. The molecule has 0 aliphatic heterocycles. The first-order valence-electron chi connectivity index (χ1n) is 18.6. The smallest absolute Gasteiger partial charge is 0.334 e. The van der Waals surface area contributed by atoms with Crippen LogP contribution in [0, 0.1) is 17.3 Å². The van der Waals surface area contributed by atoms with Crippen molar-refractivity contribution in [2.24, 2.45) is 17.3 Å². The number of carbonyl (C=O) groups excluding carboxylic acids is 2. The second kappa shape index (κ2) is 11.6. The molecule has 0 saturated heterocycles. The van der Waals surface area contributed by atoms with Crippen LogP contribution in [-0.2, 0) is 48.5 Å². The number of benzene rings is 3. The van der Waals surface area contributed by atoms with E-state index in [9.17, 15) is 9.59 Å². The molecule has 4 bridgehead atoms. The summed E-state index contributed by atoms with van der Waals surface area (Å²) in [5.41, 5.74) is 7.16. The number of rotatable bonds is 6. The van der Waals surface area contributed by atoms with E-state index < -0.39 is 16.6 Å². The molecular formula is C44H50O5. The van der Waals surface area contributed by atoms with Crippen LogP contribution in [0.1, 0.15) is 125 Å². The number of hydrogen-bond donors (Lipinski definition) is 0. The van der Waals surface area contributed by atoms with Crippen LogP contribution in [0.5, 0.6) is 0 Å². The van der Waals surface area contributed by atoms with Gasteiger partial charge in [-0.3, -0.25) is 4.79 Å². The third kappa shape index (κ3) is 5.09. The highest BCUT2D eigenvalue weighted by Crippen LogP contribution is 2.65. The van der Waals surface area contributed by atoms with Crippen LogP contribution in [0.2, 0.25) is 0 Å². The van der Waals surface area contributed by atoms with Crippen LogP contribution in [0.15, 0.2) is 77.2 Å². The van der Waals surface area contributed by atoms with Crippen LogP contribution in [0.3, 0.4) is 0 Å². The zero-order chi connectivity index (χ0) is 34.2.